The summed E-state index contributed by atoms with van der Waals surface area (Å²) in [5, 5.41) is 8.91. The first-order chi connectivity index (χ1) is 9.47. The number of carboxylic acid groups (broad SMARTS) is 1. The number of aliphatic carboxylic acids is 1. The molecule has 1 unspecified atom stereocenters. The number of ether oxygens (including phenoxy) is 2. The van der Waals surface area contributed by atoms with Crippen molar-refractivity contribution in [1.82, 2.24) is 9.80 Å². The summed E-state index contributed by atoms with van der Waals surface area (Å²) in [6, 6.07) is -0.271. The summed E-state index contributed by atoms with van der Waals surface area (Å²) in [6.45, 7) is 4.99. The van der Waals surface area contributed by atoms with Crippen molar-refractivity contribution in [2.75, 3.05) is 47.1 Å². The molecule has 0 rings (SSSR count). The third-order valence-electron chi connectivity index (χ3n) is 3.07. The van der Waals surface area contributed by atoms with Crippen LogP contribution in [-0.2, 0) is 14.3 Å². The minimum absolute atomic E-state index is 0.0245. The molecule has 1 atom stereocenters. The third kappa shape index (κ3) is 6.72. The van der Waals surface area contributed by atoms with Crippen LogP contribution in [0, 0.1) is 0 Å². The largest absolute Gasteiger partial charge is 0.480 e. The Bertz CT molecular complexity index is 298. The van der Waals surface area contributed by atoms with Gasteiger partial charge in [0.25, 0.3) is 0 Å². The van der Waals surface area contributed by atoms with E-state index in [1.807, 2.05) is 13.8 Å². The molecule has 0 radical (unpaired) electrons. The van der Waals surface area contributed by atoms with Gasteiger partial charge in [0, 0.05) is 33.4 Å². The molecule has 7 nitrogen and oxygen atoms in total. The molecule has 1 N–H and O–H groups in total. The predicted molar refractivity (Wildman–Crippen MR) is 74.8 cm³/mol. The molecule has 0 aromatic heterocycles. The van der Waals surface area contributed by atoms with Crippen molar-refractivity contribution in [2.45, 2.75) is 26.3 Å². The van der Waals surface area contributed by atoms with Crippen molar-refractivity contribution in [3.05, 3.63) is 0 Å². The summed E-state index contributed by atoms with van der Waals surface area (Å²) >= 11 is 0. The number of nitrogens with zero attached hydrogens (tertiary/aromatic N) is 2. The lowest BCUT2D eigenvalue weighted by Gasteiger charge is -2.33. The second kappa shape index (κ2) is 10.4. The van der Waals surface area contributed by atoms with Gasteiger partial charge in [-0.15, -0.1) is 0 Å². The molecule has 0 saturated heterocycles. The number of methoxy groups -OCH3 is 2. The van der Waals surface area contributed by atoms with Crippen molar-refractivity contribution in [2.24, 2.45) is 0 Å². The Morgan fingerprint density at radius 2 is 1.70 bits per heavy atom. The fourth-order valence-electron chi connectivity index (χ4n) is 1.70. The molecule has 20 heavy (non-hydrogen) atoms. The van der Waals surface area contributed by atoms with Crippen LogP contribution in [0.3, 0.4) is 0 Å². The van der Waals surface area contributed by atoms with E-state index in [4.69, 9.17) is 14.6 Å². The average molecular weight is 290 g/mol. The first-order valence-corrected chi connectivity index (χ1v) is 6.73. The second-order valence-corrected chi connectivity index (χ2v) is 4.53. The van der Waals surface area contributed by atoms with E-state index in [0.717, 1.165) is 6.42 Å². The summed E-state index contributed by atoms with van der Waals surface area (Å²) in [4.78, 5) is 26.3. The number of carbonyl (C=O) groups is 2. The maximum atomic E-state index is 12.5. The van der Waals surface area contributed by atoms with Gasteiger partial charge in [-0.3, -0.25) is 4.79 Å². The topological polar surface area (TPSA) is 79.3 Å². The van der Waals surface area contributed by atoms with Crippen molar-refractivity contribution in [1.29, 1.82) is 0 Å². The van der Waals surface area contributed by atoms with Gasteiger partial charge in [-0.1, -0.05) is 6.92 Å². The number of rotatable bonds is 10. The lowest BCUT2D eigenvalue weighted by atomic mass is 10.2. The fraction of sp³-hybridized carbons (Fsp3) is 0.846. The summed E-state index contributed by atoms with van der Waals surface area (Å²) in [5.74, 6) is -1.04. The molecule has 0 aromatic carbocycles. The van der Waals surface area contributed by atoms with E-state index in [-0.39, 0.29) is 25.2 Å². The van der Waals surface area contributed by atoms with E-state index in [9.17, 15) is 9.59 Å². The van der Waals surface area contributed by atoms with Gasteiger partial charge in [0.1, 0.15) is 6.54 Å². The van der Waals surface area contributed by atoms with Crippen LogP contribution >= 0.6 is 0 Å². The standard InChI is InChI=1S/C13H26N2O5/c1-5-11(2)15(7-9-20-4)13(18)14(6-8-19-3)10-12(16)17/h11H,5-10H2,1-4H3,(H,16,17). The van der Waals surface area contributed by atoms with Crippen molar-refractivity contribution < 1.29 is 24.2 Å². The molecule has 0 aliphatic rings. The van der Waals surface area contributed by atoms with Crippen LogP contribution < -0.4 is 0 Å². The van der Waals surface area contributed by atoms with Gasteiger partial charge in [-0.2, -0.15) is 0 Å². The van der Waals surface area contributed by atoms with Crippen LogP contribution in [0.4, 0.5) is 4.79 Å². The van der Waals surface area contributed by atoms with E-state index in [2.05, 4.69) is 0 Å². The van der Waals surface area contributed by atoms with Crippen molar-refractivity contribution in [3.63, 3.8) is 0 Å². The Labute approximate surface area is 120 Å². The zero-order valence-corrected chi connectivity index (χ0v) is 12.8. The maximum Gasteiger partial charge on any atom is 0.323 e. The number of carbonyl (C=O) groups excluding carboxylic acids is 1. The van der Waals surface area contributed by atoms with Crippen LogP contribution in [0.1, 0.15) is 20.3 Å². The van der Waals surface area contributed by atoms with E-state index in [1.165, 1.54) is 12.0 Å². The van der Waals surface area contributed by atoms with Crippen LogP contribution in [0.5, 0.6) is 0 Å². The Morgan fingerprint density at radius 1 is 1.15 bits per heavy atom. The molecule has 0 saturated carbocycles. The van der Waals surface area contributed by atoms with E-state index in [0.29, 0.717) is 19.8 Å². The van der Waals surface area contributed by atoms with Crippen LogP contribution in [-0.4, -0.2) is 80.0 Å². The predicted octanol–water partition coefficient (Wildman–Crippen LogP) is 0.886. The van der Waals surface area contributed by atoms with Gasteiger partial charge in [-0.25, -0.2) is 4.79 Å². The van der Waals surface area contributed by atoms with Gasteiger partial charge >= 0.3 is 12.0 Å². The zero-order chi connectivity index (χ0) is 15.5. The normalized spacial score (nSPS) is 12.0. The summed E-state index contributed by atoms with van der Waals surface area (Å²) in [6.07, 6.45) is 0.792. The lowest BCUT2D eigenvalue weighted by Crippen LogP contribution is -2.50. The van der Waals surface area contributed by atoms with Crippen molar-refractivity contribution in [3.8, 4) is 0 Å². The highest BCUT2D eigenvalue weighted by atomic mass is 16.5. The molecule has 0 aliphatic heterocycles. The molecule has 0 spiro atoms. The number of hydrogen-bond acceptors (Lipinski definition) is 4. The van der Waals surface area contributed by atoms with Gasteiger partial charge in [0.05, 0.1) is 13.2 Å². The van der Waals surface area contributed by atoms with Gasteiger partial charge < -0.3 is 24.4 Å². The summed E-state index contributed by atoms with van der Waals surface area (Å²) < 4.78 is 9.93. The zero-order valence-electron chi connectivity index (χ0n) is 12.8. The monoisotopic (exact) mass is 290 g/mol. The Kier molecular flexibility index (Phi) is 9.75. The quantitative estimate of drug-likeness (QED) is 0.646. The smallest absolute Gasteiger partial charge is 0.323 e. The Morgan fingerprint density at radius 3 is 2.15 bits per heavy atom. The van der Waals surface area contributed by atoms with Crippen LogP contribution in [0.15, 0.2) is 0 Å². The van der Waals surface area contributed by atoms with E-state index in [1.54, 1.807) is 12.0 Å². The molecule has 0 bridgehead atoms. The van der Waals surface area contributed by atoms with E-state index < -0.39 is 5.97 Å². The lowest BCUT2D eigenvalue weighted by molar-refractivity contribution is -0.137. The Balaban J connectivity index is 4.86. The fourth-order valence-corrected chi connectivity index (χ4v) is 1.70. The number of amides is 2. The number of carboxylic acids is 1. The second-order valence-electron chi connectivity index (χ2n) is 4.53. The molecular formula is C13H26N2O5. The van der Waals surface area contributed by atoms with Gasteiger partial charge in [0.15, 0.2) is 0 Å². The first kappa shape index (κ1) is 18.7. The SMILES string of the molecule is CCC(C)N(CCOC)C(=O)N(CCOC)CC(=O)O. The number of hydrogen-bond donors (Lipinski definition) is 1. The average Bonchev–Trinajstić information content (AvgIpc) is 2.42. The third-order valence-corrected chi connectivity index (χ3v) is 3.07. The molecule has 0 fully saturated rings. The molecule has 7 heteroatoms. The maximum absolute atomic E-state index is 12.5. The highest BCUT2D eigenvalue weighted by molar-refractivity contribution is 5.80. The van der Waals surface area contributed by atoms with Gasteiger partial charge in [-0.05, 0) is 13.3 Å². The molecule has 118 valence electrons. The minimum Gasteiger partial charge on any atom is -0.480 e. The van der Waals surface area contributed by atoms with Gasteiger partial charge in [0.2, 0.25) is 0 Å². The number of urea groups is 1. The molecule has 2 amide bonds. The summed E-state index contributed by atoms with van der Waals surface area (Å²) in [7, 11) is 3.08. The van der Waals surface area contributed by atoms with Crippen molar-refractivity contribution >= 4 is 12.0 Å². The van der Waals surface area contributed by atoms with E-state index >= 15 is 0 Å². The van der Waals surface area contributed by atoms with Crippen LogP contribution in [0.2, 0.25) is 0 Å². The highest BCUT2D eigenvalue weighted by Crippen LogP contribution is 2.08. The molecule has 0 aliphatic carbocycles. The highest BCUT2D eigenvalue weighted by Gasteiger charge is 2.25. The molecular weight excluding hydrogens is 264 g/mol. The first-order valence-electron chi connectivity index (χ1n) is 6.73. The summed E-state index contributed by atoms with van der Waals surface area (Å²) in [5.41, 5.74) is 0. The molecule has 0 aromatic rings. The Hall–Kier alpha value is -1.34. The molecule has 0 heterocycles. The van der Waals surface area contributed by atoms with Crippen LogP contribution in [0.25, 0.3) is 0 Å². The minimum atomic E-state index is -1.04.